The summed E-state index contributed by atoms with van der Waals surface area (Å²) >= 11 is 0. The van der Waals surface area contributed by atoms with Gasteiger partial charge in [0.1, 0.15) is 5.82 Å². The number of primary amides is 1. The molecule has 7 nitrogen and oxygen atoms in total. The van der Waals surface area contributed by atoms with Gasteiger partial charge < -0.3 is 26.6 Å². The van der Waals surface area contributed by atoms with Crippen molar-refractivity contribution in [1.29, 1.82) is 0 Å². The van der Waals surface area contributed by atoms with Gasteiger partial charge in [-0.2, -0.15) is 0 Å². The number of pyridine rings is 1. The highest BCUT2D eigenvalue weighted by Gasteiger charge is 2.32. The lowest BCUT2D eigenvalue weighted by molar-refractivity contribution is 0.0572. The molecular weight excluding hydrogens is 224 g/mol. The van der Waals surface area contributed by atoms with E-state index in [0.29, 0.717) is 11.5 Å². The van der Waals surface area contributed by atoms with E-state index in [-0.39, 0.29) is 18.7 Å². The van der Waals surface area contributed by atoms with Crippen molar-refractivity contribution >= 4 is 17.4 Å². The molecule has 0 radical (unpaired) electrons. The molecule has 0 saturated carbocycles. The summed E-state index contributed by atoms with van der Waals surface area (Å²) in [5.74, 6) is -0.307. The number of amides is 1. The average Bonchev–Trinajstić information content (AvgIpc) is 2.59. The van der Waals surface area contributed by atoms with Gasteiger partial charge in [0.15, 0.2) is 0 Å². The van der Waals surface area contributed by atoms with E-state index in [0.717, 1.165) is 0 Å². The van der Waals surface area contributed by atoms with E-state index >= 15 is 0 Å². The summed E-state index contributed by atoms with van der Waals surface area (Å²) in [5.41, 5.74) is 11.3. The molecule has 1 saturated heterocycles. The normalized spacial score (nSPS) is 24.0. The first kappa shape index (κ1) is 11.6. The Morgan fingerprint density at radius 1 is 1.41 bits per heavy atom. The highest BCUT2D eigenvalue weighted by Crippen LogP contribution is 2.23. The second-order valence-electron chi connectivity index (χ2n) is 4.04. The molecule has 1 aliphatic rings. The van der Waals surface area contributed by atoms with E-state index in [1.165, 1.54) is 12.3 Å². The molecule has 0 spiro atoms. The van der Waals surface area contributed by atoms with Crippen LogP contribution in [0.2, 0.25) is 0 Å². The summed E-state index contributed by atoms with van der Waals surface area (Å²) in [6.07, 6.45) is -0.302. The van der Waals surface area contributed by atoms with Crippen molar-refractivity contribution in [3.05, 3.63) is 17.8 Å². The number of aromatic nitrogens is 1. The lowest BCUT2D eigenvalue weighted by Crippen LogP contribution is -2.26. The Morgan fingerprint density at radius 3 is 2.53 bits per heavy atom. The first-order valence-corrected chi connectivity index (χ1v) is 5.15. The van der Waals surface area contributed by atoms with Crippen molar-refractivity contribution in [3.63, 3.8) is 0 Å². The van der Waals surface area contributed by atoms with E-state index in [4.69, 9.17) is 11.5 Å². The zero-order valence-corrected chi connectivity index (χ0v) is 9.08. The van der Waals surface area contributed by atoms with E-state index < -0.39 is 18.1 Å². The van der Waals surface area contributed by atoms with Gasteiger partial charge in [0.2, 0.25) is 0 Å². The number of β-amino-alcohol motifs (C(OH)–C–C–N with tert-alkyl or cyclic N) is 2. The minimum atomic E-state index is -0.852. The number of aliphatic hydroxyl groups excluding tert-OH is 2. The van der Waals surface area contributed by atoms with Crippen LogP contribution in [0, 0.1) is 0 Å². The van der Waals surface area contributed by atoms with E-state index in [1.54, 1.807) is 4.90 Å². The van der Waals surface area contributed by atoms with Crippen molar-refractivity contribution < 1.29 is 15.0 Å². The second-order valence-corrected chi connectivity index (χ2v) is 4.04. The molecule has 1 aromatic heterocycles. The van der Waals surface area contributed by atoms with Crippen LogP contribution in [0.4, 0.5) is 11.5 Å². The summed E-state index contributed by atoms with van der Waals surface area (Å²) in [7, 11) is 0. The van der Waals surface area contributed by atoms with Crippen molar-refractivity contribution in [2.24, 2.45) is 5.73 Å². The van der Waals surface area contributed by atoms with Crippen LogP contribution in [0.3, 0.4) is 0 Å². The van der Waals surface area contributed by atoms with Crippen LogP contribution in [-0.2, 0) is 0 Å². The fourth-order valence-electron chi connectivity index (χ4n) is 1.85. The van der Waals surface area contributed by atoms with Gasteiger partial charge in [-0.05, 0) is 6.07 Å². The maximum atomic E-state index is 11.3. The maximum Gasteiger partial charge on any atom is 0.252 e. The van der Waals surface area contributed by atoms with Crippen LogP contribution in [0.15, 0.2) is 12.3 Å². The fourth-order valence-corrected chi connectivity index (χ4v) is 1.85. The van der Waals surface area contributed by atoms with Crippen molar-refractivity contribution in [2.75, 3.05) is 23.7 Å². The number of nitrogens with two attached hydrogens (primary N) is 2. The number of anilines is 2. The standard InChI is InChI=1S/C10H14N4O3/c11-5-1-6(9(12)17)10(13-2-5)14-3-7(15)8(16)4-14/h1-2,7-8,15-16H,3-4,11H2,(H2,12,17). The summed E-state index contributed by atoms with van der Waals surface area (Å²) in [6.45, 7) is 0.413. The third kappa shape index (κ3) is 2.15. The minimum absolute atomic E-state index is 0.186. The Hall–Kier alpha value is -1.86. The Balaban J connectivity index is 2.36. The SMILES string of the molecule is NC(=O)c1cc(N)cnc1N1CC(O)C(O)C1. The first-order chi connectivity index (χ1) is 7.99. The van der Waals surface area contributed by atoms with Gasteiger partial charge in [-0.15, -0.1) is 0 Å². The highest BCUT2D eigenvalue weighted by molar-refractivity contribution is 5.98. The summed E-state index contributed by atoms with van der Waals surface area (Å²) in [6, 6.07) is 1.43. The number of hydrogen-bond acceptors (Lipinski definition) is 6. The molecule has 2 atom stereocenters. The summed E-state index contributed by atoms with van der Waals surface area (Å²) in [5, 5.41) is 18.9. The first-order valence-electron chi connectivity index (χ1n) is 5.15. The largest absolute Gasteiger partial charge is 0.397 e. The zero-order chi connectivity index (χ0) is 12.6. The fraction of sp³-hybridized carbons (Fsp3) is 0.400. The molecule has 1 fully saturated rings. The molecule has 1 amide bonds. The van der Waals surface area contributed by atoms with E-state index in [9.17, 15) is 15.0 Å². The number of carbonyl (C=O) groups is 1. The molecule has 2 unspecified atom stereocenters. The van der Waals surface area contributed by atoms with Crippen LogP contribution in [0.25, 0.3) is 0 Å². The molecule has 92 valence electrons. The quantitative estimate of drug-likeness (QED) is 0.487. The zero-order valence-electron chi connectivity index (χ0n) is 9.08. The molecular formula is C10H14N4O3. The lowest BCUT2D eigenvalue weighted by atomic mass is 10.2. The molecule has 7 heteroatoms. The van der Waals surface area contributed by atoms with Crippen LogP contribution in [-0.4, -0.2) is 46.4 Å². The molecule has 1 aromatic rings. The van der Waals surface area contributed by atoms with Crippen LogP contribution in [0.1, 0.15) is 10.4 Å². The number of aliphatic hydroxyl groups is 2. The number of nitrogen functional groups attached to an aromatic ring is 1. The van der Waals surface area contributed by atoms with Gasteiger partial charge in [0.25, 0.3) is 5.91 Å². The monoisotopic (exact) mass is 238 g/mol. The number of rotatable bonds is 2. The number of hydrogen-bond donors (Lipinski definition) is 4. The smallest absolute Gasteiger partial charge is 0.252 e. The molecule has 6 N–H and O–H groups in total. The minimum Gasteiger partial charge on any atom is -0.397 e. The van der Waals surface area contributed by atoms with Crippen molar-refractivity contribution in [3.8, 4) is 0 Å². The van der Waals surface area contributed by atoms with Crippen molar-refractivity contribution in [1.82, 2.24) is 4.98 Å². The topological polar surface area (TPSA) is 126 Å². The lowest BCUT2D eigenvalue weighted by Gasteiger charge is -2.18. The van der Waals surface area contributed by atoms with Crippen LogP contribution < -0.4 is 16.4 Å². The van der Waals surface area contributed by atoms with Crippen molar-refractivity contribution in [2.45, 2.75) is 12.2 Å². The predicted molar refractivity (Wildman–Crippen MR) is 61.4 cm³/mol. The predicted octanol–water partition coefficient (Wildman–Crippen LogP) is -1.70. The summed E-state index contributed by atoms with van der Waals surface area (Å²) < 4.78 is 0. The van der Waals surface area contributed by atoms with Gasteiger partial charge >= 0.3 is 0 Å². The third-order valence-electron chi connectivity index (χ3n) is 2.71. The molecule has 17 heavy (non-hydrogen) atoms. The highest BCUT2D eigenvalue weighted by atomic mass is 16.3. The average molecular weight is 238 g/mol. The molecule has 1 aliphatic heterocycles. The summed E-state index contributed by atoms with van der Waals surface area (Å²) in [4.78, 5) is 16.9. The van der Waals surface area contributed by atoms with Gasteiger partial charge in [0.05, 0.1) is 29.7 Å². The van der Waals surface area contributed by atoms with Gasteiger partial charge in [-0.3, -0.25) is 4.79 Å². The Labute approximate surface area is 97.7 Å². The maximum absolute atomic E-state index is 11.3. The van der Waals surface area contributed by atoms with E-state index in [1.807, 2.05) is 0 Å². The van der Waals surface area contributed by atoms with Gasteiger partial charge in [-0.25, -0.2) is 4.98 Å². The molecule has 0 aliphatic carbocycles. The number of nitrogens with zero attached hydrogens (tertiary/aromatic N) is 2. The van der Waals surface area contributed by atoms with Gasteiger partial charge in [0, 0.05) is 13.1 Å². The van der Waals surface area contributed by atoms with E-state index in [2.05, 4.69) is 4.98 Å². The molecule has 0 aromatic carbocycles. The third-order valence-corrected chi connectivity index (χ3v) is 2.71. The Bertz CT molecular complexity index is 441. The molecule has 2 heterocycles. The Kier molecular flexibility index (Phi) is 2.86. The molecule has 2 rings (SSSR count). The van der Waals surface area contributed by atoms with Gasteiger partial charge in [-0.1, -0.05) is 0 Å². The van der Waals surface area contributed by atoms with Crippen LogP contribution >= 0.6 is 0 Å². The van der Waals surface area contributed by atoms with Crippen LogP contribution in [0.5, 0.6) is 0 Å². The molecule has 0 bridgehead atoms. The Morgan fingerprint density at radius 2 is 2.00 bits per heavy atom. The number of carbonyl (C=O) groups excluding carboxylic acids is 1. The second kappa shape index (κ2) is 4.19.